The van der Waals surface area contributed by atoms with E-state index in [1.54, 1.807) is 36.4 Å². The summed E-state index contributed by atoms with van der Waals surface area (Å²) in [4.78, 5) is 11.5. The number of unbranched alkanes of at least 4 members (excludes halogenated alkanes) is 3. The molecule has 4 rings (SSSR count). The van der Waals surface area contributed by atoms with Crippen LogP contribution in [0.2, 0.25) is 19.1 Å². The molecule has 0 radical (unpaired) electrons. The van der Waals surface area contributed by atoms with Gasteiger partial charge in [0, 0.05) is 22.3 Å². The van der Waals surface area contributed by atoms with E-state index in [0.717, 1.165) is 25.3 Å². The van der Waals surface area contributed by atoms with E-state index < -0.39 is 43.9 Å². The van der Waals surface area contributed by atoms with Crippen LogP contribution < -0.4 is 9.92 Å². The molecule has 0 atom stereocenters. The third kappa shape index (κ3) is 8.82. The Labute approximate surface area is 281 Å². The summed E-state index contributed by atoms with van der Waals surface area (Å²) in [6.07, 6.45) is 4.34. The van der Waals surface area contributed by atoms with Crippen molar-refractivity contribution in [3.05, 3.63) is 108 Å². The predicted molar refractivity (Wildman–Crippen MR) is 186 cm³/mol. The van der Waals surface area contributed by atoms with Crippen LogP contribution in [0.1, 0.15) is 39.0 Å². The summed E-state index contributed by atoms with van der Waals surface area (Å²) in [5, 5.41) is 10.1. The topological polar surface area (TPSA) is 55.8 Å². The number of esters is 1. The smallest absolute Gasteiger partial charge is 0.335 e. The van der Waals surface area contributed by atoms with Crippen LogP contribution in [0.25, 0.3) is 33.4 Å². The van der Waals surface area contributed by atoms with Crippen LogP contribution in [0.3, 0.4) is 0 Å². The molecule has 0 saturated carbocycles. The first-order valence-corrected chi connectivity index (χ1v) is 19.5. The van der Waals surface area contributed by atoms with Crippen molar-refractivity contribution < 1.29 is 36.9 Å². The number of rotatable bonds is 16. The Morgan fingerprint density at radius 1 is 0.688 bits per heavy atom. The van der Waals surface area contributed by atoms with Gasteiger partial charge in [0.05, 0.1) is 33.5 Å². The van der Waals surface area contributed by atoms with Gasteiger partial charge in [0.25, 0.3) is 0 Å². The number of aliphatic hydroxyl groups excluding tert-OH is 1. The number of ether oxygens (including phenoxy) is 2. The third-order valence-electron chi connectivity index (χ3n) is 8.52. The lowest BCUT2D eigenvalue weighted by atomic mass is 9.96. The average Bonchev–Trinajstić information content (AvgIpc) is 3.09. The van der Waals surface area contributed by atoms with E-state index in [1.165, 1.54) is 29.5 Å². The monoisotopic (exact) mass is 678 g/mol. The lowest BCUT2D eigenvalue weighted by Gasteiger charge is -2.23. The second-order valence-electron chi connectivity index (χ2n) is 12.5. The zero-order valence-electron chi connectivity index (χ0n) is 27.7. The Bertz CT molecular complexity index is 1720. The number of hydrogen-bond acceptors (Lipinski definition) is 4. The number of hydrogen-bond donors (Lipinski definition) is 1. The van der Waals surface area contributed by atoms with Gasteiger partial charge in [-0.05, 0) is 42.5 Å². The SMILES string of the molecule is C=C(CO)C(=O)OCCCCCOc1ccc(-c2ccc(-c3ccc(-c4ccc([Si](C)(C)CCCC)cc4)c(F)c3F)c(F)c2F)cc1. The van der Waals surface area contributed by atoms with Crippen LogP contribution in [0, 0.1) is 23.3 Å². The van der Waals surface area contributed by atoms with Crippen molar-refractivity contribution in [2.75, 3.05) is 19.8 Å². The highest BCUT2D eigenvalue weighted by Gasteiger charge is 2.24. The Balaban J connectivity index is 1.40. The maximum Gasteiger partial charge on any atom is 0.335 e. The molecule has 48 heavy (non-hydrogen) atoms. The van der Waals surface area contributed by atoms with Crippen LogP contribution in [0.15, 0.2) is 84.9 Å². The Morgan fingerprint density at radius 2 is 1.17 bits per heavy atom. The fourth-order valence-electron chi connectivity index (χ4n) is 5.46. The Hall–Kier alpha value is -4.21. The van der Waals surface area contributed by atoms with Crippen molar-refractivity contribution in [1.29, 1.82) is 0 Å². The summed E-state index contributed by atoms with van der Waals surface area (Å²) < 4.78 is 72.1. The van der Waals surface area contributed by atoms with Gasteiger partial charge in [0.15, 0.2) is 23.3 Å². The van der Waals surface area contributed by atoms with Gasteiger partial charge in [-0.15, -0.1) is 0 Å². The minimum absolute atomic E-state index is 0.00915. The summed E-state index contributed by atoms with van der Waals surface area (Å²) in [5.41, 5.74) is 0.220. The third-order valence-corrected chi connectivity index (χ3v) is 12.0. The van der Waals surface area contributed by atoms with Crippen molar-refractivity contribution in [3.63, 3.8) is 0 Å². The first-order chi connectivity index (χ1) is 23.0. The molecular formula is C39H42F4O4Si. The van der Waals surface area contributed by atoms with Gasteiger partial charge in [0.2, 0.25) is 0 Å². The van der Waals surface area contributed by atoms with E-state index in [9.17, 15) is 4.79 Å². The molecule has 0 fully saturated rings. The molecule has 4 nitrogen and oxygen atoms in total. The maximum absolute atomic E-state index is 15.4. The van der Waals surface area contributed by atoms with E-state index in [4.69, 9.17) is 14.6 Å². The fourth-order valence-corrected chi connectivity index (χ4v) is 8.05. The van der Waals surface area contributed by atoms with Crippen molar-refractivity contribution in [2.45, 2.75) is 58.2 Å². The summed E-state index contributed by atoms with van der Waals surface area (Å²) in [6, 6.07) is 20.4. The van der Waals surface area contributed by atoms with Gasteiger partial charge in [-0.25, -0.2) is 22.4 Å². The first kappa shape index (κ1) is 36.6. The maximum atomic E-state index is 15.4. The lowest BCUT2D eigenvalue weighted by Crippen LogP contribution is -2.40. The molecular weight excluding hydrogens is 637 g/mol. The van der Waals surface area contributed by atoms with E-state index >= 15 is 17.6 Å². The zero-order chi connectivity index (χ0) is 34.8. The summed E-state index contributed by atoms with van der Waals surface area (Å²) in [7, 11) is -1.63. The van der Waals surface area contributed by atoms with Crippen LogP contribution in [-0.4, -0.2) is 39.0 Å². The molecule has 1 N–H and O–H groups in total. The molecule has 0 aromatic heterocycles. The second kappa shape index (κ2) is 16.7. The molecule has 0 bridgehead atoms. The quantitative estimate of drug-likeness (QED) is 0.0422. The fraction of sp³-hybridized carbons (Fsp3) is 0.308. The number of carbonyl (C=O) groups is 1. The van der Waals surface area contributed by atoms with Gasteiger partial charge in [-0.1, -0.05) is 111 Å². The van der Waals surface area contributed by atoms with E-state index in [-0.39, 0.29) is 34.4 Å². The van der Waals surface area contributed by atoms with Gasteiger partial charge in [-0.2, -0.15) is 0 Å². The molecule has 0 heterocycles. The molecule has 0 aliphatic rings. The number of carbonyl (C=O) groups excluding carboxylic acids is 1. The van der Waals surface area contributed by atoms with Crippen molar-refractivity contribution in [1.82, 2.24) is 0 Å². The number of aliphatic hydroxyl groups is 1. The standard InChI is InChI=1S/C39H42F4O4Si/c1-5-6-24-48(3,4)30-16-12-28(13-17-30)32-19-21-34(38(43)36(32)41)33-20-18-31(35(40)37(33)42)27-10-14-29(15-11-27)46-22-8-7-9-23-47-39(45)26(2)25-44/h10-21,44H,2,5-9,22-25H2,1,3-4H3. The molecule has 0 spiro atoms. The largest absolute Gasteiger partial charge is 0.494 e. The lowest BCUT2D eigenvalue weighted by molar-refractivity contribution is -0.139. The average molecular weight is 679 g/mol. The van der Waals surface area contributed by atoms with E-state index in [1.807, 2.05) is 12.1 Å². The molecule has 0 aliphatic carbocycles. The van der Waals surface area contributed by atoms with Crippen molar-refractivity contribution in [3.8, 4) is 39.1 Å². The van der Waals surface area contributed by atoms with E-state index in [2.05, 4.69) is 26.6 Å². The molecule has 0 saturated heterocycles. The summed E-state index contributed by atoms with van der Waals surface area (Å²) >= 11 is 0. The molecule has 4 aromatic rings. The van der Waals surface area contributed by atoms with Crippen LogP contribution >= 0.6 is 0 Å². The van der Waals surface area contributed by atoms with Gasteiger partial charge < -0.3 is 14.6 Å². The molecule has 254 valence electrons. The van der Waals surface area contributed by atoms with Crippen LogP contribution in [0.5, 0.6) is 5.75 Å². The number of benzene rings is 4. The minimum Gasteiger partial charge on any atom is -0.494 e. The van der Waals surface area contributed by atoms with Crippen molar-refractivity contribution >= 4 is 19.2 Å². The molecule has 0 unspecified atom stereocenters. The molecule has 0 amide bonds. The number of halogens is 4. The molecule has 4 aromatic carbocycles. The highest BCUT2D eigenvalue weighted by molar-refractivity contribution is 6.89. The first-order valence-electron chi connectivity index (χ1n) is 16.2. The highest BCUT2D eigenvalue weighted by atomic mass is 28.3. The van der Waals surface area contributed by atoms with Gasteiger partial charge >= 0.3 is 5.97 Å². The minimum atomic E-state index is -1.63. The Kier molecular flexibility index (Phi) is 12.8. The van der Waals surface area contributed by atoms with Gasteiger partial charge in [-0.3, -0.25) is 0 Å². The highest BCUT2D eigenvalue weighted by Crippen LogP contribution is 2.36. The van der Waals surface area contributed by atoms with Crippen LogP contribution in [0.4, 0.5) is 17.6 Å². The predicted octanol–water partition coefficient (Wildman–Crippen LogP) is 9.60. The Morgan fingerprint density at radius 3 is 1.69 bits per heavy atom. The van der Waals surface area contributed by atoms with E-state index in [0.29, 0.717) is 36.3 Å². The zero-order valence-corrected chi connectivity index (χ0v) is 28.7. The normalized spacial score (nSPS) is 11.4. The summed E-state index contributed by atoms with van der Waals surface area (Å²) in [6.45, 7) is 10.3. The second-order valence-corrected chi connectivity index (χ2v) is 17.3. The molecule has 9 heteroatoms. The molecule has 0 aliphatic heterocycles. The van der Waals surface area contributed by atoms with Gasteiger partial charge in [0.1, 0.15) is 5.75 Å². The van der Waals surface area contributed by atoms with Crippen molar-refractivity contribution in [2.24, 2.45) is 0 Å². The van der Waals surface area contributed by atoms with Crippen LogP contribution in [-0.2, 0) is 9.53 Å². The summed E-state index contributed by atoms with van der Waals surface area (Å²) in [5.74, 6) is -4.87.